The summed E-state index contributed by atoms with van der Waals surface area (Å²) in [5, 5.41) is 0. The molecule has 0 aliphatic carbocycles. The Balaban J connectivity index is 3.25. The van der Waals surface area contributed by atoms with Gasteiger partial charge in [0.15, 0.2) is 0 Å². The van der Waals surface area contributed by atoms with E-state index >= 15 is 0 Å². The summed E-state index contributed by atoms with van der Waals surface area (Å²) < 4.78 is 4.68. The second kappa shape index (κ2) is 3.19. The fraction of sp³-hybridized carbons (Fsp3) is 0.222. The third-order valence-corrected chi connectivity index (χ3v) is 1.59. The summed E-state index contributed by atoms with van der Waals surface area (Å²) in [6.07, 6.45) is 3.26. The molecule has 0 radical (unpaired) electrons. The van der Waals surface area contributed by atoms with Crippen LogP contribution in [0.15, 0.2) is 33.7 Å². The summed E-state index contributed by atoms with van der Waals surface area (Å²) in [5.41, 5.74) is 1.30. The molecule has 1 rings (SSSR count). The monoisotopic (exact) mass is 150 g/mol. The van der Waals surface area contributed by atoms with Gasteiger partial charge in [-0.2, -0.15) is 0 Å². The largest absolute Gasteiger partial charge is 0.431 e. The molecule has 0 aromatic carbocycles. The van der Waals surface area contributed by atoms with Crippen LogP contribution in [0.1, 0.15) is 19.4 Å². The number of hydrogen-bond donors (Lipinski definition) is 0. The summed E-state index contributed by atoms with van der Waals surface area (Å²) in [5.74, 6) is 0. The molecule has 0 bridgehead atoms. The van der Waals surface area contributed by atoms with E-state index in [-0.39, 0.29) is 5.63 Å². The molecule has 2 heteroatoms. The highest BCUT2D eigenvalue weighted by molar-refractivity contribution is 5.61. The summed E-state index contributed by atoms with van der Waals surface area (Å²) >= 11 is 0. The van der Waals surface area contributed by atoms with Crippen LogP contribution >= 0.6 is 0 Å². The van der Waals surface area contributed by atoms with Gasteiger partial charge in [-0.25, -0.2) is 4.79 Å². The van der Waals surface area contributed by atoms with Crippen LogP contribution < -0.4 is 5.63 Å². The molecule has 0 N–H and O–H groups in total. The lowest BCUT2D eigenvalue weighted by Crippen LogP contribution is -2.03. The molecule has 0 unspecified atom stereocenters. The van der Waals surface area contributed by atoms with Crippen LogP contribution in [0.4, 0.5) is 0 Å². The predicted molar refractivity (Wildman–Crippen MR) is 44.3 cm³/mol. The fourth-order valence-electron chi connectivity index (χ4n) is 0.816. The van der Waals surface area contributed by atoms with Crippen molar-refractivity contribution < 1.29 is 4.42 Å². The average Bonchev–Trinajstić information content (AvgIpc) is 2.04. The summed E-state index contributed by atoms with van der Waals surface area (Å²) in [6, 6.07) is 3.46. The Morgan fingerprint density at radius 1 is 1.64 bits per heavy atom. The fourth-order valence-corrected chi connectivity index (χ4v) is 0.816. The molecule has 1 aromatic heterocycles. The lowest BCUT2D eigenvalue weighted by Gasteiger charge is -1.95. The molecule has 0 saturated carbocycles. The van der Waals surface area contributed by atoms with E-state index in [1.807, 2.05) is 19.9 Å². The maximum atomic E-state index is 11.0. The van der Waals surface area contributed by atoms with Gasteiger partial charge in [-0.15, -0.1) is 0 Å². The third kappa shape index (κ3) is 1.58. The second-order valence-electron chi connectivity index (χ2n) is 2.29. The smallest absolute Gasteiger partial charge is 0.343 e. The lowest BCUT2D eigenvalue weighted by molar-refractivity contribution is 0.508. The zero-order valence-electron chi connectivity index (χ0n) is 6.63. The minimum Gasteiger partial charge on any atom is -0.431 e. The maximum Gasteiger partial charge on any atom is 0.343 e. The molecule has 0 spiro atoms. The Morgan fingerprint density at radius 2 is 2.36 bits per heavy atom. The van der Waals surface area contributed by atoms with E-state index in [4.69, 9.17) is 0 Å². The summed E-state index contributed by atoms with van der Waals surface area (Å²) in [4.78, 5) is 11.0. The zero-order valence-corrected chi connectivity index (χ0v) is 6.63. The van der Waals surface area contributed by atoms with Gasteiger partial charge in [0.05, 0.1) is 11.8 Å². The highest BCUT2D eigenvalue weighted by Gasteiger charge is 1.99. The molecule has 2 nitrogen and oxygen atoms in total. The van der Waals surface area contributed by atoms with Crippen molar-refractivity contribution in [2.24, 2.45) is 0 Å². The van der Waals surface area contributed by atoms with Crippen LogP contribution in [-0.4, -0.2) is 0 Å². The molecule has 1 heterocycles. The van der Waals surface area contributed by atoms with E-state index in [0.717, 1.165) is 5.57 Å². The SMILES string of the molecule is CC=C(C)c1cccoc1=O. The van der Waals surface area contributed by atoms with Crippen molar-refractivity contribution in [3.63, 3.8) is 0 Å². The van der Waals surface area contributed by atoms with Crippen molar-refractivity contribution in [2.45, 2.75) is 13.8 Å². The molecule has 0 aliphatic rings. The Bertz CT molecular complexity index is 320. The van der Waals surface area contributed by atoms with Crippen LogP contribution in [0.3, 0.4) is 0 Å². The van der Waals surface area contributed by atoms with E-state index in [2.05, 4.69) is 4.42 Å². The first-order valence-electron chi connectivity index (χ1n) is 3.47. The van der Waals surface area contributed by atoms with Gasteiger partial charge in [0.1, 0.15) is 0 Å². The first-order chi connectivity index (χ1) is 5.25. The topological polar surface area (TPSA) is 30.2 Å². The third-order valence-electron chi connectivity index (χ3n) is 1.59. The summed E-state index contributed by atoms with van der Waals surface area (Å²) in [7, 11) is 0. The van der Waals surface area contributed by atoms with Gasteiger partial charge in [0.2, 0.25) is 0 Å². The predicted octanol–water partition coefficient (Wildman–Crippen LogP) is 2.06. The van der Waals surface area contributed by atoms with E-state index in [9.17, 15) is 4.79 Å². The molecular weight excluding hydrogens is 140 g/mol. The van der Waals surface area contributed by atoms with E-state index in [1.165, 1.54) is 6.26 Å². The zero-order chi connectivity index (χ0) is 8.27. The molecule has 1 aromatic rings. The molecule has 0 fully saturated rings. The molecule has 0 aliphatic heterocycles. The molecule has 11 heavy (non-hydrogen) atoms. The Morgan fingerprint density at radius 3 is 2.91 bits per heavy atom. The van der Waals surface area contributed by atoms with Crippen molar-refractivity contribution in [1.82, 2.24) is 0 Å². The standard InChI is InChI=1S/C9H10O2/c1-3-7(2)8-5-4-6-11-9(8)10/h3-6H,1-2H3. The molecule has 0 atom stereocenters. The normalized spacial score (nSPS) is 11.6. The van der Waals surface area contributed by atoms with Crippen LogP contribution in [-0.2, 0) is 0 Å². The van der Waals surface area contributed by atoms with Crippen molar-refractivity contribution in [3.05, 3.63) is 40.5 Å². The van der Waals surface area contributed by atoms with E-state index in [1.54, 1.807) is 12.1 Å². The maximum absolute atomic E-state index is 11.0. The van der Waals surface area contributed by atoms with Crippen molar-refractivity contribution in [1.29, 1.82) is 0 Å². The number of hydrogen-bond acceptors (Lipinski definition) is 2. The first kappa shape index (κ1) is 7.79. The molecule has 0 saturated heterocycles. The van der Waals surface area contributed by atoms with Gasteiger partial charge in [-0.3, -0.25) is 0 Å². The average molecular weight is 150 g/mol. The van der Waals surface area contributed by atoms with Crippen LogP contribution in [0.5, 0.6) is 0 Å². The Kier molecular flexibility index (Phi) is 2.26. The minimum absolute atomic E-state index is 0.275. The van der Waals surface area contributed by atoms with Gasteiger partial charge >= 0.3 is 5.63 Å². The lowest BCUT2D eigenvalue weighted by atomic mass is 10.1. The summed E-state index contributed by atoms with van der Waals surface area (Å²) in [6.45, 7) is 3.77. The molecule has 58 valence electrons. The van der Waals surface area contributed by atoms with Gasteiger partial charge in [0.25, 0.3) is 0 Å². The minimum atomic E-state index is -0.275. The molecule has 0 amide bonds. The Hall–Kier alpha value is -1.31. The van der Waals surface area contributed by atoms with E-state index < -0.39 is 0 Å². The van der Waals surface area contributed by atoms with Crippen molar-refractivity contribution in [2.75, 3.05) is 0 Å². The highest BCUT2D eigenvalue weighted by atomic mass is 16.4. The number of rotatable bonds is 1. The van der Waals surface area contributed by atoms with Crippen LogP contribution in [0.2, 0.25) is 0 Å². The second-order valence-corrected chi connectivity index (χ2v) is 2.29. The van der Waals surface area contributed by atoms with Crippen molar-refractivity contribution >= 4 is 5.57 Å². The van der Waals surface area contributed by atoms with E-state index in [0.29, 0.717) is 5.56 Å². The number of allylic oxidation sites excluding steroid dienone is 2. The quantitative estimate of drug-likeness (QED) is 0.613. The van der Waals surface area contributed by atoms with Crippen LogP contribution in [0.25, 0.3) is 5.57 Å². The van der Waals surface area contributed by atoms with Gasteiger partial charge in [-0.05, 0) is 31.6 Å². The van der Waals surface area contributed by atoms with Gasteiger partial charge in [-0.1, -0.05) is 6.08 Å². The van der Waals surface area contributed by atoms with Gasteiger partial charge < -0.3 is 4.42 Å². The van der Waals surface area contributed by atoms with Crippen molar-refractivity contribution in [3.8, 4) is 0 Å². The first-order valence-corrected chi connectivity index (χ1v) is 3.47. The van der Waals surface area contributed by atoms with Gasteiger partial charge in [0, 0.05) is 0 Å². The van der Waals surface area contributed by atoms with Crippen LogP contribution in [0, 0.1) is 0 Å². The highest BCUT2D eigenvalue weighted by Crippen LogP contribution is 2.06. The Labute approximate surface area is 65.2 Å². The molecular formula is C9H10O2.